The number of nitrogens with one attached hydrogen (secondary N) is 1. The van der Waals surface area contributed by atoms with E-state index in [9.17, 15) is 8.78 Å². The van der Waals surface area contributed by atoms with Crippen LogP contribution in [-0.2, 0) is 13.1 Å². The standard InChI is InChI=1S/C17H22F2N4O/c1-11(15-6-5-14(8-20)23-12(15)2)22-9-13-4-3-7-21-17(13)24-10-16(18)19/h3-7,11,16,22H,8-10,20H2,1-2H3/t11-/m0/s1. The number of hydrogen-bond acceptors (Lipinski definition) is 5. The molecule has 0 saturated carbocycles. The molecular formula is C17H22F2N4O. The first-order valence-corrected chi connectivity index (χ1v) is 7.76. The minimum absolute atomic E-state index is 0.0347. The molecule has 24 heavy (non-hydrogen) atoms. The van der Waals surface area contributed by atoms with E-state index in [0.29, 0.717) is 13.1 Å². The van der Waals surface area contributed by atoms with Gasteiger partial charge in [-0.15, -0.1) is 0 Å². The van der Waals surface area contributed by atoms with E-state index in [2.05, 4.69) is 15.3 Å². The second-order valence-electron chi connectivity index (χ2n) is 5.45. The topological polar surface area (TPSA) is 73.1 Å². The maximum Gasteiger partial charge on any atom is 0.272 e. The molecule has 7 heteroatoms. The zero-order chi connectivity index (χ0) is 17.5. The second kappa shape index (κ2) is 8.65. The lowest BCUT2D eigenvalue weighted by Gasteiger charge is -2.18. The summed E-state index contributed by atoms with van der Waals surface area (Å²) in [6, 6.07) is 7.49. The van der Waals surface area contributed by atoms with Crippen molar-refractivity contribution in [2.24, 2.45) is 5.73 Å². The molecule has 0 aromatic carbocycles. The number of halogens is 2. The minimum atomic E-state index is -2.53. The van der Waals surface area contributed by atoms with Gasteiger partial charge in [0.15, 0.2) is 6.61 Å². The van der Waals surface area contributed by atoms with Gasteiger partial charge >= 0.3 is 0 Å². The fraction of sp³-hybridized carbons (Fsp3) is 0.412. The molecule has 0 aliphatic rings. The molecule has 0 radical (unpaired) electrons. The van der Waals surface area contributed by atoms with E-state index in [-0.39, 0.29) is 11.9 Å². The molecule has 2 aromatic rings. The molecule has 0 fully saturated rings. The van der Waals surface area contributed by atoms with Gasteiger partial charge in [0.1, 0.15) is 0 Å². The quantitative estimate of drug-likeness (QED) is 0.775. The Morgan fingerprint density at radius 2 is 2.08 bits per heavy atom. The molecule has 2 aromatic heterocycles. The molecule has 0 saturated heterocycles. The normalized spacial score (nSPS) is 12.4. The van der Waals surface area contributed by atoms with Gasteiger partial charge in [-0.2, -0.15) is 0 Å². The van der Waals surface area contributed by atoms with Crippen molar-refractivity contribution in [3.63, 3.8) is 0 Å². The number of alkyl halides is 2. The van der Waals surface area contributed by atoms with E-state index in [0.717, 1.165) is 22.5 Å². The van der Waals surface area contributed by atoms with Crippen LogP contribution < -0.4 is 15.8 Å². The van der Waals surface area contributed by atoms with Gasteiger partial charge in [0.25, 0.3) is 6.43 Å². The average Bonchev–Trinajstić information content (AvgIpc) is 2.58. The smallest absolute Gasteiger partial charge is 0.272 e. The zero-order valence-electron chi connectivity index (χ0n) is 13.8. The molecule has 0 unspecified atom stereocenters. The summed E-state index contributed by atoms with van der Waals surface area (Å²) in [5.74, 6) is 0.228. The van der Waals surface area contributed by atoms with Crippen LogP contribution in [0.5, 0.6) is 5.88 Å². The van der Waals surface area contributed by atoms with E-state index >= 15 is 0 Å². The number of pyridine rings is 2. The highest BCUT2D eigenvalue weighted by Crippen LogP contribution is 2.19. The molecule has 0 spiro atoms. The van der Waals surface area contributed by atoms with Crippen LogP contribution in [0.25, 0.3) is 0 Å². The predicted octanol–water partition coefficient (Wildman–Crippen LogP) is 2.74. The Kier molecular flexibility index (Phi) is 6.57. The summed E-state index contributed by atoms with van der Waals surface area (Å²) in [7, 11) is 0. The van der Waals surface area contributed by atoms with Crippen LogP contribution in [0.2, 0.25) is 0 Å². The third-order valence-electron chi connectivity index (χ3n) is 3.65. The third kappa shape index (κ3) is 4.94. The number of ether oxygens (including phenoxy) is 1. The largest absolute Gasteiger partial charge is 0.471 e. The van der Waals surface area contributed by atoms with Crippen LogP contribution in [0.15, 0.2) is 30.5 Å². The summed E-state index contributed by atoms with van der Waals surface area (Å²) in [5, 5.41) is 3.34. The number of nitrogens with two attached hydrogens (primary N) is 1. The lowest BCUT2D eigenvalue weighted by atomic mass is 10.1. The number of rotatable bonds is 8. The van der Waals surface area contributed by atoms with Gasteiger partial charge in [-0.05, 0) is 31.5 Å². The van der Waals surface area contributed by atoms with Crippen molar-refractivity contribution in [1.29, 1.82) is 0 Å². The Labute approximate surface area is 140 Å². The molecule has 2 rings (SSSR count). The summed E-state index contributed by atoms with van der Waals surface area (Å²) in [5.41, 5.74) is 9.15. The van der Waals surface area contributed by atoms with E-state index in [4.69, 9.17) is 10.5 Å². The van der Waals surface area contributed by atoms with E-state index in [1.807, 2.05) is 26.0 Å². The highest BCUT2D eigenvalue weighted by molar-refractivity contribution is 5.27. The summed E-state index contributed by atoms with van der Waals surface area (Å²) >= 11 is 0. The zero-order valence-corrected chi connectivity index (χ0v) is 13.8. The SMILES string of the molecule is Cc1nc(CN)ccc1[C@H](C)NCc1cccnc1OCC(F)F. The van der Waals surface area contributed by atoms with Crippen LogP contribution in [0, 0.1) is 6.92 Å². The van der Waals surface area contributed by atoms with Gasteiger partial charge in [-0.25, -0.2) is 13.8 Å². The molecular weight excluding hydrogens is 314 g/mol. The molecule has 0 amide bonds. The highest BCUT2D eigenvalue weighted by Gasteiger charge is 2.12. The number of nitrogens with zero attached hydrogens (tertiary/aromatic N) is 2. The summed E-state index contributed by atoms with van der Waals surface area (Å²) in [4.78, 5) is 8.47. The maximum atomic E-state index is 12.3. The Bertz CT molecular complexity index is 667. The first-order valence-electron chi connectivity index (χ1n) is 7.76. The van der Waals surface area contributed by atoms with Gasteiger partial charge in [0.05, 0.1) is 5.69 Å². The highest BCUT2D eigenvalue weighted by atomic mass is 19.3. The van der Waals surface area contributed by atoms with Crippen LogP contribution >= 0.6 is 0 Å². The fourth-order valence-electron chi connectivity index (χ4n) is 2.40. The van der Waals surface area contributed by atoms with Crippen LogP contribution in [0.4, 0.5) is 8.78 Å². The molecule has 5 nitrogen and oxygen atoms in total. The maximum absolute atomic E-state index is 12.3. The van der Waals surface area contributed by atoms with E-state index in [1.54, 1.807) is 12.1 Å². The number of hydrogen-bond donors (Lipinski definition) is 2. The van der Waals surface area contributed by atoms with Crippen LogP contribution in [-0.4, -0.2) is 23.0 Å². The van der Waals surface area contributed by atoms with Crippen molar-refractivity contribution in [3.05, 3.63) is 53.0 Å². The number of aryl methyl sites for hydroxylation is 1. The molecule has 0 bridgehead atoms. The van der Waals surface area contributed by atoms with Gasteiger partial charge in [0, 0.05) is 36.6 Å². The van der Waals surface area contributed by atoms with Crippen LogP contribution in [0.3, 0.4) is 0 Å². The summed E-state index contributed by atoms with van der Waals surface area (Å²) in [6.45, 7) is 4.15. The van der Waals surface area contributed by atoms with Crippen molar-refractivity contribution in [3.8, 4) is 5.88 Å². The molecule has 0 aliphatic heterocycles. The molecule has 3 N–H and O–H groups in total. The van der Waals surface area contributed by atoms with Gasteiger partial charge in [-0.3, -0.25) is 4.98 Å². The van der Waals surface area contributed by atoms with Crippen molar-refractivity contribution < 1.29 is 13.5 Å². The predicted molar refractivity (Wildman–Crippen MR) is 87.9 cm³/mol. The molecule has 0 aliphatic carbocycles. The third-order valence-corrected chi connectivity index (χ3v) is 3.65. The van der Waals surface area contributed by atoms with Crippen molar-refractivity contribution in [1.82, 2.24) is 15.3 Å². The summed E-state index contributed by atoms with van der Waals surface area (Å²) in [6.07, 6.45) is -1.01. The fourth-order valence-corrected chi connectivity index (χ4v) is 2.40. The van der Waals surface area contributed by atoms with E-state index < -0.39 is 13.0 Å². The first kappa shape index (κ1) is 18.2. The van der Waals surface area contributed by atoms with Crippen molar-refractivity contribution in [2.75, 3.05) is 6.61 Å². The monoisotopic (exact) mass is 336 g/mol. The Morgan fingerprint density at radius 1 is 1.29 bits per heavy atom. The van der Waals surface area contributed by atoms with Gasteiger partial charge in [0.2, 0.25) is 5.88 Å². The van der Waals surface area contributed by atoms with Crippen LogP contribution in [0.1, 0.15) is 35.5 Å². The average molecular weight is 336 g/mol. The van der Waals surface area contributed by atoms with Gasteiger partial charge < -0.3 is 15.8 Å². The Balaban J connectivity index is 2.02. The Hall–Kier alpha value is -2.12. The lowest BCUT2D eigenvalue weighted by molar-refractivity contribution is 0.0789. The molecule has 2 heterocycles. The van der Waals surface area contributed by atoms with Gasteiger partial charge in [-0.1, -0.05) is 12.1 Å². The lowest BCUT2D eigenvalue weighted by Crippen LogP contribution is -2.20. The van der Waals surface area contributed by atoms with E-state index in [1.165, 1.54) is 6.20 Å². The second-order valence-corrected chi connectivity index (χ2v) is 5.45. The Morgan fingerprint density at radius 3 is 2.75 bits per heavy atom. The van der Waals surface area contributed by atoms with Crippen molar-refractivity contribution in [2.45, 2.75) is 39.4 Å². The van der Waals surface area contributed by atoms with Crippen molar-refractivity contribution >= 4 is 0 Å². The minimum Gasteiger partial charge on any atom is -0.471 e. The molecule has 1 atom stereocenters. The first-order chi connectivity index (χ1) is 11.5. The summed E-state index contributed by atoms with van der Waals surface area (Å²) < 4.78 is 29.7. The number of aromatic nitrogens is 2. The molecule has 130 valence electrons.